The monoisotopic (exact) mass is 392 g/mol. The van der Waals surface area contributed by atoms with Crippen LogP contribution in [0.15, 0.2) is 18.6 Å². The Bertz CT molecular complexity index is 1030. The number of rotatable bonds is 6. The summed E-state index contributed by atoms with van der Waals surface area (Å²) in [6.45, 7) is 2.84. The first-order valence-electron chi connectivity index (χ1n) is 10.1. The number of aromatic amines is 1. The molecular weight excluding hydrogens is 368 g/mol. The summed E-state index contributed by atoms with van der Waals surface area (Å²) in [5, 5.41) is 31.2. The Morgan fingerprint density at radius 2 is 2.10 bits per heavy atom. The quantitative estimate of drug-likeness (QED) is 0.583. The number of aromatic nitrogens is 6. The van der Waals surface area contributed by atoms with E-state index in [-0.39, 0.29) is 0 Å². The summed E-state index contributed by atoms with van der Waals surface area (Å²) in [6, 6.07) is 5.63. The van der Waals surface area contributed by atoms with Gasteiger partial charge in [-0.05, 0) is 32.6 Å². The fraction of sp³-hybridized carbons (Fsp3) is 0.526. The summed E-state index contributed by atoms with van der Waals surface area (Å²) in [5.41, 5.74) is 1.70. The van der Waals surface area contributed by atoms with Crippen molar-refractivity contribution in [2.24, 2.45) is 0 Å². The van der Waals surface area contributed by atoms with Crippen molar-refractivity contribution in [3.63, 3.8) is 0 Å². The molecule has 2 aliphatic heterocycles. The van der Waals surface area contributed by atoms with Gasteiger partial charge in [0.15, 0.2) is 17.5 Å². The molecule has 29 heavy (non-hydrogen) atoms. The molecule has 10 heteroatoms. The molecule has 1 unspecified atom stereocenters. The molecule has 2 fully saturated rings. The van der Waals surface area contributed by atoms with Gasteiger partial charge in [0.05, 0.1) is 12.3 Å². The number of nitrogens with one attached hydrogen (secondary N) is 3. The van der Waals surface area contributed by atoms with Crippen molar-refractivity contribution in [2.75, 3.05) is 17.2 Å². The van der Waals surface area contributed by atoms with Crippen molar-refractivity contribution in [3.8, 4) is 6.07 Å². The zero-order valence-electron chi connectivity index (χ0n) is 16.3. The lowest BCUT2D eigenvalue weighted by molar-refractivity contribution is 0.136. The first kappa shape index (κ1) is 17.9. The number of hydrogen-bond donors (Lipinski definition) is 3. The minimum atomic E-state index is 0.335. The molecule has 2 bridgehead atoms. The van der Waals surface area contributed by atoms with Crippen LogP contribution in [0.2, 0.25) is 0 Å². The van der Waals surface area contributed by atoms with Gasteiger partial charge in [-0.15, -0.1) is 10.2 Å². The Morgan fingerprint density at radius 3 is 2.83 bits per heavy atom. The lowest BCUT2D eigenvalue weighted by atomic mass is 9.97. The van der Waals surface area contributed by atoms with E-state index in [1.807, 2.05) is 23.6 Å². The van der Waals surface area contributed by atoms with E-state index in [9.17, 15) is 0 Å². The van der Waals surface area contributed by atoms with E-state index >= 15 is 0 Å². The van der Waals surface area contributed by atoms with Crippen LogP contribution in [0.4, 0.5) is 17.5 Å². The van der Waals surface area contributed by atoms with Crippen LogP contribution in [-0.2, 0) is 0 Å². The summed E-state index contributed by atoms with van der Waals surface area (Å²) < 4.78 is 1.87. The van der Waals surface area contributed by atoms with Crippen LogP contribution in [0.1, 0.15) is 37.8 Å². The standard InChI is InChI=1S/C19H24N10/c1-12-7-16(26-25-12)23-17-10-28-11-21-27-19(28)18(24-17)22-13-8-14-3-4-15(9-13)29(14)6-2-5-20/h7,10-11,13-15H,2-4,6,8-9H2,1H3,(H,22,24)(H2,23,25,26)/t13-,14-,15?/m0/s1. The van der Waals surface area contributed by atoms with Crippen molar-refractivity contribution in [2.45, 2.75) is 57.2 Å². The Kier molecular flexibility index (Phi) is 4.52. The molecule has 0 radical (unpaired) electrons. The highest BCUT2D eigenvalue weighted by molar-refractivity contribution is 5.66. The van der Waals surface area contributed by atoms with Gasteiger partial charge in [-0.2, -0.15) is 10.4 Å². The maximum Gasteiger partial charge on any atom is 0.203 e. The van der Waals surface area contributed by atoms with Gasteiger partial charge >= 0.3 is 0 Å². The van der Waals surface area contributed by atoms with Crippen molar-refractivity contribution in [1.82, 2.24) is 34.7 Å². The maximum absolute atomic E-state index is 8.93. The summed E-state index contributed by atoms with van der Waals surface area (Å²) in [4.78, 5) is 7.28. The summed E-state index contributed by atoms with van der Waals surface area (Å²) >= 11 is 0. The van der Waals surface area contributed by atoms with Gasteiger partial charge in [-0.1, -0.05) is 0 Å². The summed E-state index contributed by atoms with van der Waals surface area (Å²) in [5.74, 6) is 2.13. The predicted octanol–water partition coefficient (Wildman–Crippen LogP) is 2.22. The lowest BCUT2D eigenvalue weighted by Gasteiger charge is -2.39. The molecule has 150 valence electrons. The second kappa shape index (κ2) is 7.33. The maximum atomic E-state index is 8.93. The van der Waals surface area contributed by atoms with E-state index < -0.39 is 0 Å². The van der Waals surface area contributed by atoms with Crippen molar-refractivity contribution in [3.05, 3.63) is 24.3 Å². The fourth-order valence-corrected chi connectivity index (χ4v) is 4.74. The van der Waals surface area contributed by atoms with E-state index in [2.05, 4.69) is 42.0 Å². The molecule has 3 aromatic rings. The Labute approximate surface area is 168 Å². The molecule has 3 atom stereocenters. The SMILES string of the molecule is Cc1cc(Nc2cn3cnnc3c(N[C@@H]3CC4CC[C@@H](C3)N4CCC#N)n2)n[nH]1. The average Bonchev–Trinajstić information content (AvgIpc) is 3.39. The van der Waals surface area contributed by atoms with E-state index in [1.54, 1.807) is 6.33 Å². The van der Waals surface area contributed by atoms with Crippen molar-refractivity contribution in [1.29, 1.82) is 5.26 Å². The summed E-state index contributed by atoms with van der Waals surface area (Å²) in [6.07, 6.45) is 8.67. The van der Waals surface area contributed by atoms with Crippen LogP contribution in [0.3, 0.4) is 0 Å². The molecule has 2 aliphatic rings. The first-order valence-corrected chi connectivity index (χ1v) is 10.1. The largest absolute Gasteiger partial charge is 0.364 e. The minimum Gasteiger partial charge on any atom is -0.364 e. The third-order valence-corrected chi connectivity index (χ3v) is 5.95. The van der Waals surface area contributed by atoms with Gasteiger partial charge < -0.3 is 10.6 Å². The van der Waals surface area contributed by atoms with Crippen LogP contribution in [-0.4, -0.2) is 59.3 Å². The fourth-order valence-electron chi connectivity index (χ4n) is 4.74. The Morgan fingerprint density at radius 1 is 1.28 bits per heavy atom. The molecule has 0 aliphatic carbocycles. The van der Waals surface area contributed by atoms with Crippen LogP contribution in [0.5, 0.6) is 0 Å². The number of nitrogens with zero attached hydrogens (tertiary/aromatic N) is 7. The van der Waals surface area contributed by atoms with Gasteiger partial charge in [0.25, 0.3) is 0 Å². The molecule has 2 saturated heterocycles. The number of hydrogen-bond acceptors (Lipinski definition) is 8. The Balaban J connectivity index is 1.35. The molecule has 0 spiro atoms. The van der Waals surface area contributed by atoms with E-state index in [1.165, 1.54) is 12.8 Å². The average molecular weight is 392 g/mol. The molecule has 5 rings (SSSR count). The molecule has 0 amide bonds. The van der Waals surface area contributed by atoms with Gasteiger partial charge in [-0.25, -0.2) is 4.98 Å². The van der Waals surface area contributed by atoms with E-state index in [4.69, 9.17) is 10.2 Å². The second-order valence-corrected chi connectivity index (χ2v) is 7.94. The van der Waals surface area contributed by atoms with Crippen LogP contribution in [0, 0.1) is 18.3 Å². The van der Waals surface area contributed by atoms with Crippen LogP contribution < -0.4 is 10.6 Å². The minimum absolute atomic E-state index is 0.335. The topological polar surface area (TPSA) is 123 Å². The molecular formula is C19H24N10. The van der Waals surface area contributed by atoms with Crippen LogP contribution >= 0.6 is 0 Å². The number of fused-ring (bicyclic) bond motifs is 3. The molecule has 0 aromatic carbocycles. The highest BCUT2D eigenvalue weighted by Crippen LogP contribution is 2.37. The number of piperidine rings is 1. The first-order chi connectivity index (χ1) is 14.2. The molecule has 3 N–H and O–H groups in total. The van der Waals surface area contributed by atoms with E-state index in [0.717, 1.165) is 36.7 Å². The molecule has 0 saturated carbocycles. The molecule has 3 aromatic heterocycles. The van der Waals surface area contributed by atoms with E-state index in [0.29, 0.717) is 36.0 Å². The van der Waals surface area contributed by atoms with Crippen molar-refractivity contribution >= 4 is 23.1 Å². The highest BCUT2D eigenvalue weighted by Gasteiger charge is 2.40. The third-order valence-electron chi connectivity index (χ3n) is 5.95. The normalized spacial score (nSPS) is 23.9. The molecule has 10 nitrogen and oxygen atoms in total. The number of H-pyrrole nitrogens is 1. The van der Waals surface area contributed by atoms with Crippen molar-refractivity contribution < 1.29 is 0 Å². The Hall–Kier alpha value is -3.19. The second-order valence-electron chi connectivity index (χ2n) is 7.94. The van der Waals surface area contributed by atoms with Gasteiger partial charge in [0, 0.05) is 42.9 Å². The highest BCUT2D eigenvalue weighted by atomic mass is 15.3. The smallest absolute Gasteiger partial charge is 0.203 e. The van der Waals surface area contributed by atoms with Gasteiger partial charge in [0.1, 0.15) is 6.33 Å². The third kappa shape index (κ3) is 3.49. The number of nitriles is 1. The summed E-state index contributed by atoms with van der Waals surface area (Å²) in [7, 11) is 0. The zero-order valence-corrected chi connectivity index (χ0v) is 16.3. The van der Waals surface area contributed by atoms with Gasteiger partial charge in [0.2, 0.25) is 5.65 Å². The van der Waals surface area contributed by atoms with Crippen LogP contribution in [0.25, 0.3) is 5.65 Å². The number of aryl methyl sites for hydroxylation is 1. The van der Waals surface area contributed by atoms with Gasteiger partial charge in [-0.3, -0.25) is 14.4 Å². The molecule has 5 heterocycles. The zero-order chi connectivity index (χ0) is 19.8. The number of anilines is 3. The lowest BCUT2D eigenvalue weighted by Crippen LogP contribution is -2.47. The predicted molar refractivity (Wildman–Crippen MR) is 108 cm³/mol.